The first-order chi connectivity index (χ1) is 16.2. The molecule has 4 amide bonds. The van der Waals surface area contributed by atoms with Gasteiger partial charge in [0.15, 0.2) is 0 Å². The molecule has 2 aromatic carbocycles. The first-order valence-electron chi connectivity index (χ1n) is 10.4. The summed E-state index contributed by atoms with van der Waals surface area (Å²) in [6.45, 7) is 0. The van der Waals surface area contributed by atoms with Crippen molar-refractivity contribution in [3.63, 3.8) is 0 Å². The Labute approximate surface area is 192 Å². The van der Waals surface area contributed by atoms with Gasteiger partial charge in [-0.05, 0) is 12.1 Å². The molecule has 0 aliphatic carbocycles. The zero-order valence-electron chi connectivity index (χ0n) is 17.8. The van der Waals surface area contributed by atoms with Crippen molar-refractivity contribution in [2.45, 2.75) is 18.0 Å². The van der Waals surface area contributed by atoms with Crippen molar-refractivity contribution in [1.29, 1.82) is 0 Å². The number of nitrogens with one attached hydrogen (secondary N) is 2. The summed E-state index contributed by atoms with van der Waals surface area (Å²) >= 11 is 0. The Bertz CT molecular complexity index is 1290. The van der Waals surface area contributed by atoms with Gasteiger partial charge in [0.05, 0.1) is 35.6 Å². The Morgan fingerprint density at radius 3 is 2.62 bits per heavy atom. The topological polar surface area (TPSA) is 174 Å². The van der Waals surface area contributed by atoms with E-state index in [0.717, 1.165) is 17.0 Å². The first kappa shape index (κ1) is 21.5. The number of benzene rings is 2. The van der Waals surface area contributed by atoms with E-state index in [4.69, 9.17) is 10.5 Å². The van der Waals surface area contributed by atoms with Crippen LogP contribution in [0.15, 0.2) is 42.5 Å². The number of amides is 4. The van der Waals surface area contributed by atoms with Crippen LogP contribution in [0.1, 0.15) is 12.0 Å². The fraction of sp³-hybridized carbons (Fsp3) is 0.273. The van der Waals surface area contributed by atoms with E-state index in [1.165, 1.54) is 13.2 Å². The van der Waals surface area contributed by atoms with E-state index >= 15 is 0 Å². The number of hydrogen-bond acceptors (Lipinski definition) is 8. The lowest BCUT2D eigenvalue weighted by molar-refractivity contribution is -0.384. The molecule has 3 aliphatic heterocycles. The molecule has 12 heteroatoms. The number of hydrogen-bond donors (Lipinski definition) is 3. The zero-order valence-corrected chi connectivity index (χ0v) is 17.8. The van der Waals surface area contributed by atoms with Gasteiger partial charge in [-0.15, -0.1) is 0 Å². The maximum absolute atomic E-state index is 13.8. The minimum absolute atomic E-state index is 0.0113. The van der Waals surface area contributed by atoms with Crippen LogP contribution >= 0.6 is 0 Å². The second kappa shape index (κ2) is 7.35. The summed E-state index contributed by atoms with van der Waals surface area (Å²) in [6.07, 6.45) is -0.275. The predicted molar refractivity (Wildman–Crippen MR) is 117 cm³/mol. The van der Waals surface area contributed by atoms with Gasteiger partial charge in [-0.25, -0.2) is 4.90 Å². The third kappa shape index (κ3) is 2.75. The number of primary amides is 1. The number of nitro benzene ring substituents is 1. The summed E-state index contributed by atoms with van der Waals surface area (Å²) in [6, 6.07) is 9.41. The average Bonchev–Trinajstić information content (AvgIpc) is 3.37. The SMILES string of the molecule is COc1cc([N+](=O)[O-])ccc1N1C(=O)[C@H]2[C@@H](C1=O)[C@@]1(N[C@@H]2CC(N)=O)C(=O)Nc2ccccc21. The number of rotatable bonds is 5. The van der Waals surface area contributed by atoms with Gasteiger partial charge in [0.25, 0.3) is 5.69 Å². The highest BCUT2D eigenvalue weighted by Crippen LogP contribution is 2.54. The van der Waals surface area contributed by atoms with Crippen molar-refractivity contribution in [2.24, 2.45) is 17.6 Å². The second-order valence-electron chi connectivity index (χ2n) is 8.36. The van der Waals surface area contributed by atoms with Crippen LogP contribution in [0.3, 0.4) is 0 Å². The molecule has 0 aromatic heterocycles. The van der Waals surface area contributed by atoms with Crippen molar-refractivity contribution in [3.05, 3.63) is 58.1 Å². The Balaban J connectivity index is 1.67. The molecule has 34 heavy (non-hydrogen) atoms. The van der Waals surface area contributed by atoms with Gasteiger partial charge in [0.2, 0.25) is 23.6 Å². The molecule has 3 aliphatic rings. The van der Waals surface area contributed by atoms with Crippen LogP contribution < -0.4 is 26.0 Å². The standard InChI is InChI=1S/C22H19N5O7/c1-34-15-8-10(27(32)33)6-7-14(15)26-19(29)17-13(9-16(23)28)25-22(18(17)20(26)30)11-4-2-3-5-12(11)24-21(22)31/h2-8,13,17-18,25H,9H2,1H3,(H2,23,28)(H,24,31)/t13-,17-,18+,22-/m1/s1. The number of fused-ring (bicyclic) bond motifs is 4. The minimum atomic E-state index is -1.59. The largest absolute Gasteiger partial charge is 0.494 e. The highest BCUT2D eigenvalue weighted by molar-refractivity contribution is 6.26. The van der Waals surface area contributed by atoms with Crippen molar-refractivity contribution in [1.82, 2.24) is 5.32 Å². The molecule has 174 valence electrons. The molecule has 3 heterocycles. The van der Waals surface area contributed by atoms with E-state index in [9.17, 15) is 29.3 Å². The molecule has 2 aromatic rings. The number of nitrogens with two attached hydrogens (primary N) is 1. The molecule has 0 bridgehead atoms. The zero-order chi connectivity index (χ0) is 24.4. The maximum atomic E-state index is 13.8. The number of anilines is 2. The monoisotopic (exact) mass is 465 g/mol. The highest BCUT2D eigenvalue weighted by atomic mass is 16.6. The molecular weight excluding hydrogens is 446 g/mol. The molecule has 0 radical (unpaired) electrons. The fourth-order valence-corrected chi connectivity index (χ4v) is 5.35. The first-order valence-corrected chi connectivity index (χ1v) is 10.4. The van der Waals surface area contributed by atoms with E-state index in [1.54, 1.807) is 24.3 Å². The second-order valence-corrected chi connectivity index (χ2v) is 8.36. The van der Waals surface area contributed by atoms with Gasteiger partial charge < -0.3 is 15.8 Å². The van der Waals surface area contributed by atoms with E-state index in [0.29, 0.717) is 11.3 Å². The van der Waals surface area contributed by atoms with E-state index in [2.05, 4.69) is 10.6 Å². The van der Waals surface area contributed by atoms with Gasteiger partial charge >= 0.3 is 0 Å². The Morgan fingerprint density at radius 1 is 1.21 bits per heavy atom. The van der Waals surface area contributed by atoms with Crippen LogP contribution in [-0.2, 0) is 24.7 Å². The average molecular weight is 465 g/mol. The summed E-state index contributed by atoms with van der Waals surface area (Å²) < 4.78 is 5.23. The number of ether oxygens (including phenoxy) is 1. The van der Waals surface area contributed by atoms with Gasteiger partial charge in [-0.3, -0.25) is 34.6 Å². The predicted octanol–water partition coefficient (Wildman–Crippen LogP) is 0.404. The third-order valence-electron chi connectivity index (χ3n) is 6.66. The Kier molecular flexibility index (Phi) is 4.65. The summed E-state index contributed by atoms with van der Waals surface area (Å²) in [5.74, 6) is -4.87. The number of carbonyl (C=O) groups is 4. The smallest absolute Gasteiger partial charge is 0.273 e. The quantitative estimate of drug-likeness (QED) is 0.323. The fourth-order valence-electron chi connectivity index (χ4n) is 5.35. The molecule has 2 saturated heterocycles. The van der Waals surface area contributed by atoms with Gasteiger partial charge in [-0.1, -0.05) is 18.2 Å². The molecule has 12 nitrogen and oxygen atoms in total. The number of nitrogens with zero attached hydrogens (tertiary/aromatic N) is 2. The van der Waals surface area contributed by atoms with Gasteiger partial charge in [0, 0.05) is 29.8 Å². The van der Waals surface area contributed by atoms with E-state index in [1.807, 2.05) is 0 Å². The maximum Gasteiger partial charge on any atom is 0.273 e. The third-order valence-corrected chi connectivity index (χ3v) is 6.66. The molecule has 2 fully saturated rings. The molecule has 4 N–H and O–H groups in total. The lowest BCUT2D eigenvalue weighted by Crippen LogP contribution is -2.53. The molecule has 0 unspecified atom stereocenters. The number of imide groups is 1. The van der Waals surface area contributed by atoms with Gasteiger partial charge in [-0.2, -0.15) is 0 Å². The molecular formula is C22H19N5O7. The minimum Gasteiger partial charge on any atom is -0.494 e. The summed E-state index contributed by atoms with van der Waals surface area (Å²) in [5, 5.41) is 17.0. The molecule has 1 spiro atoms. The van der Waals surface area contributed by atoms with Crippen LogP contribution in [-0.4, -0.2) is 41.7 Å². The summed E-state index contributed by atoms with van der Waals surface area (Å²) in [5.41, 5.74) is 4.53. The van der Waals surface area contributed by atoms with E-state index in [-0.39, 0.29) is 23.5 Å². The summed E-state index contributed by atoms with van der Waals surface area (Å²) in [4.78, 5) is 64.0. The highest BCUT2D eigenvalue weighted by Gasteiger charge is 2.70. The van der Waals surface area contributed by atoms with Crippen LogP contribution in [0.2, 0.25) is 0 Å². The van der Waals surface area contributed by atoms with Gasteiger partial charge in [0.1, 0.15) is 11.3 Å². The normalized spacial score (nSPS) is 27.0. The molecule has 0 saturated carbocycles. The van der Waals surface area contributed by atoms with Crippen LogP contribution in [0.4, 0.5) is 17.1 Å². The Morgan fingerprint density at radius 2 is 1.94 bits per heavy atom. The Hall–Kier alpha value is -4.32. The van der Waals surface area contributed by atoms with E-state index < -0.39 is 52.0 Å². The summed E-state index contributed by atoms with van der Waals surface area (Å²) in [7, 11) is 1.26. The lowest BCUT2D eigenvalue weighted by Gasteiger charge is -2.29. The number of non-ortho nitro benzene ring substituents is 1. The van der Waals surface area contributed by atoms with Crippen molar-refractivity contribution in [2.75, 3.05) is 17.3 Å². The number of carbonyl (C=O) groups excluding carboxylic acids is 4. The van der Waals surface area contributed by atoms with Crippen molar-refractivity contribution >= 4 is 40.7 Å². The van der Waals surface area contributed by atoms with Crippen LogP contribution in [0.5, 0.6) is 5.75 Å². The number of methoxy groups -OCH3 is 1. The van der Waals surface area contributed by atoms with Crippen molar-refractivity contribution in [3.8, 4) is 5.75 Å². The van der Waals surface area contributed by atoms with Crippen molar-refractivity contribution < 1.29 is 28.8 Å². The lowest BCUT2D eigenvalue weighted by atomic mass is 9.76. The molecule has 5 rings (SSSR count). The number of nitro groups is 1. The van der Waals surface area contributed by atoms with Crippen LogP contribution in [0.25, 0.3) is 0 Å². The molecule has 4 atom stereocenters. The van der Waals surface area contributed by atoms with Crippen LogP contribution in [0, 0.1) is 22.0 Å². The number of para-hydroxylation sites is 1.